The molecule has 21 heavy (non-hydrogen) atoms. The second kappa shape index (κ2) is 7.02. The number of carbonyl (C=O) groups excluding carboxylic acids is 1. The zero-order valence-corrected chi connectivity index (χ0v) is 11.0. The molecule has 1 atom stereocenters. The van der Waals surface area contributed by atoms with E-state index in [4.69, 9.17) is 5.11 Å². The zero-order valence-electron chi connectivity index (χ0n) is 11.0. The van der Waals surface area contributed by atoms with Gasteiger partial charge in [-0.3, -0.25) is 4.79 Å². The Bertz CT molecular complexity index is 519. The van der Waals surface area contributed by atoms with Crippen LogP contribution >= 0.6 is 0 Å². The van der Waals surface area contributed by atoms with Gasteiger partial charge in [0, 0.05) is 17.8 Å². The first-order chi connectivity index (χ1) is 9.69. The van der Waals surface area contributed by atoms with Crippen LogP contribution in [0.1, 0.15) is 27.8 Å². The van der Waals surface area contributed by atoms with Crippen LogP contribution < -0.4 is 5.32 Å². The van der Waals surface area contributed by atoms with Gasteiger partial charge in [0.1, 0.15) is 12.3 Å². The fourth-order valence-corrected chi connectivity index (χ4v) is 1.39. The highest BCUT2D eigenvalue weighted by Crippen LogP contribution is 2.14. The Kier molecular flexibility index (Phi) is 5.65. The molecule has 9 heteroatoms. The molecule has 0 bridgehead atoms. The van der Waals surface area contributed by atoms with Gasteiger partial charge in [-0.1, -0.05) is 0 Å². The Morgan fingerprint density at radius 2 is 2.14 bits per heavy atom. The summed E-state index contributed by atoms with van der Waals surface area (Å²) in [4.78, 5) is 26.0. The molecule has 0 fully saturated rings. The molecule has 0 aliphatic carbocycles. The lowest BCUT2D eigenvalue weighted by Gasteiger charge is -2.15. The highest BCUT2D eigenvalue weighted by Gasteiger charge is 2.27. The number of alkyl halides is 3. The summed E-state index contributed by atoms with van der Waals surface area (Å²) in [6.07, 6.45) is -3.27. The largest absolute Gasteiger partial charge is 0.477 e. The molecule has 1 heterocycles. The van der Waals surface area contributed by atoms with Crippen LogP contribution in [0.15, 0.2) is 18.3 Å². The highest BCUT2D eigenvalue weighted by molar-refractivity contribution is 5.96. The number of pyridine rings is 1. The van der Waals surface area contributed by atoms with E-state index >= 15 is 0 Å². The van der Waals surface area contributed by atoms with E-state index in [0.29, 0.717) is 0 Å². The normalized spacial score (nSPS) is 12.8. The summed E-state index contributed by atoms with van der Waals surface area (Å²) in [5.74, 6) is -1.91. The van der Waals surface area contributed by atoms with E-state index in [1.807, 2.05) is 0 Å². The molecule has 0 radical (unpaired) electrons. The molecule has 1 rings (SSSR count). The van der Waals surface area contributed by atoms with Gasteiger partial charge in [-0.25, -0.2) is 9.78 Å². The molecule has 116 valence electrons. The number of carbonyl (C=O) groups is 2. The van der Waals surface area contributed by atoms with Crippen LogP contribution in [0, 0.1) is 0 Å². The summed E-state index contributed by atoms with van der Waals surface area (Å²) in [5, 5.41) is 11.1. The minimum Gasteiger partial charge on any atom is -0.477 e. The molecular weight excluding hydrogens is 293 g/mol. The minimum absolute atomic E-state index is 0.0464. The number of hydrogen-bond acceptors (Lipinski definition) is 4. The lowest BCUT2D eigenvalue weighted by molar-refractivity contribution is -0.174. The zero-order chi connectivity index (χ0) is 16.0. The van der Waals surface area contributed by atoms with Crippen LogP contribution in [-0.4, -0.2) is 47.4 Å². The van der Waals surface area contributed by atoms with Crippen molar-refractivity contribution in [2.45, 2.75) is 19.1 Å². The summed E-state index contributed by atoms with van der Waals surface area (Å²) in [5.41, 5.74) is -0.256. The SMILES string of the molecule is CC(COCC(F)(F)F)NC(=O)c1ccnc(C(=O)O)c1. The van der Waals surface area contributed by atoms with E-state index in [-0.39, 0.29) is 17.9 Å². The van der Waals surface area contributed by atoms with Crippen molar-refractivity contribution in [2.75, 3.05) is 13.2 Å². The van der Waals surface area contributed by atoms with Crippen molar-refractivity contribution >= 4 is 11.9 Å². The van der Waals surface area contributed by atoms with Crippen LogP contribution in [0.4, 0.5) is 13.2 Å². The van der Waals surface area contributed by atoms with Crippen molar-refractivity contribution < 1.29 is 32.6 Å². The second-order valence-corrected chi connectivity index (χ2v) is 4.24. The van der Waals surface area contributed by atoms with Crippen molar-refractivity contribution in [3.05, 3.63) is 29.6 Å². The maximum absolute atomic E-state index is 11.9. The van der Waals surface area contributed by atoms with Crippen LogP contribution in [0.5, 0.6) is 0 Å². The number of aromatic nitrogens is 1. The number of carboxylic acid groups (broad SMARTS) is 1. The summed E-state index contributed by atoms with van der Waals surface area (Å²) in [6.45, 7) is -0.249. The lowest BCUT2D eigenvalue weighted by Crippen LogP contribution is -2.37. The van der Waals surface area contributed by atoms with Gasteiger partial charge in [-0.2, -0.15) is 13.2 Å². The molecule has 0 spiro atoms. The van der Waals surface area contributed by atoms with Gasteiger partial charge in [0.2, 0.25) is 0 Å². The first-order valence-corrected chi connectivity index (χ1v) is 5.84. The number of halogens is 3. The van der Waals surface area contributed by atoms with Gasteiger partial charge < -0.3 is 15.2 Å². The Labute approximate surface area is 117 Å². The number of nitrogens with zero attached hydrogens (tertiary/aromatic N) is 1. The monoisotopic (exact) mass is 306 g/mol. The standard InChI is InChI=1S/C12H13F3N2O4/c1-7(5-21-6-12(13,14)15)17-10(18)8-2-3-16-9(4-8)11(19)20/h2-4,7H,5-6H2,1H3,(H,17,18)(H,19,20). The van der Waals surface area contributed by atoms with Gasteiger partial charge in [-0.05, 0) is 19.1 Å². The molecule has 0 aromatic carbocycles. The first-order valence-electron chi connectivity index (χ1n) is 5.84. The molecule has 0 aliphatic heterocycles. The predicted octanol–water partition coefficient (Wildman–Crippen LogP) is 1.48. The Hall–Kier alpha value is -2.16. The molecular formula is C12H13F3N2O4. The maximum Gasteiger partial charge on any atom is 0.411 e. The Morgan fingerprint density at radius 3 is 2.71 bits per heavy atom. The number of rotatable bonds is 6. The fourth-order valence-electron chi connectivity index (χ4n) is 1.39. The maximum atomic E-state index is 11.9. The molecule has 1 unspecified atom stereocenters. The number of ether oxygens (including phenoxy) is 1. The van der Waals surface area contributed by atoms with Gasteiger partial charge in [0.05, 0.1) is 6.61 Å². The quantitative estimate of drug-likeness (QED) is 0.831. The number of aromatic carboxylic acids is 1. The number of carboxylic acids is 1. The molecule has 1 amide bonds. The first kappa shape index (κ1) is 16.9. The van der Waals surface area contributed by atoms with Crippen LogP contribution in [0.25, 0.3) is 0 Å². The third-order valence-electron chi connectivity index (χ3n) is 2.25. The van der Waals surface area contributed by atoms with Crippen molar-refractivity contribution in [2.24, 2.45) is 0 Å². The van der Waals surface area contributed by atoms with Crippen molar-refractivity contribution in [1.29, 1.82) is 0 Å². The molecule has 0 saturated carbocycles. The third-order valence-corrected chi connectivity index (χ3v) is 2.25. The topological polar surface area (TPSA) is 88.5 Å². The van der Waals surface area contributed by atoms with E-state index in [0.717, 1.165) is 12.3 Å². The number of hydrogen-bond donors (Lipinski definition) is 2. The number of amides is 1. The average Bonchev–Trinajstić information content (AvgIpc) is 2.37. The molecule has 1 aromatic heterocycles. The molecule has 0 saturated heterocycles. The van der Waals surface area contributed by atoms with Crippen molar-refractivity contribution in [3.8, 4) is 0 Å². The fraction of sp³-hybridized carbons (Fsp3) is 0.417. The smallest absolute Gasteiger partial charge is 0.411 e. The van der Waals surface area contributed by atoms with Crippen LogP contribution in [-0.2, 0) is 4.74 Å². The second-order valence-electron chi connectivity index (χ2n) is 4.24. The van der Waals surface area contributed by atoms with Crippen LogP contribution in [0.3, 0.4) is 0 Å². The summed E-state index contributed by atoms with van der Waals surface area (Å²) in [6, 6.07) is 1.70. The van der Waals surface area contributed by atoms with Crippen molar-refractivity contribution in [3.63, 3.8) is 0 Å². The minimum atomic E-state index is -4.43. The van der Waals surface area contributed by atoms with E-state index in [1.54, 1.807) is 0 Å². The molecule has 2 N–H and O–H groups in total. The molecule has 6 nitrogen and oxygen atoms in total. The van der Waals surface area contributed by atoms with Gasteiger partial charge in [0.25, 0.3) is 5.91 Å². The summed E-state index contributed by atoms with van der Waals surface area (Å²) in [7, 11) is 0. The van der Waals surface area contributed by atoms with Crippen LogP contribution in [0.2, 0.25) is 0 Å². The van der Waals surface area contributed by atoms with Gasteiger partial charge in [0.15, 0.2) is 0 Å². The van der Waals surface area contributed by atoms with E-state index in [2.05, 4.69) is 15.0 Å². The lowest BCUT2D eigenvalue weighted by atomic mass is 10.2. The van der Waals surface area contributed by atoms with Crippen molar-refractivity contribution in [1.82, 2.24) is 10.3 Å². The number of nitrogens with one attached hydrogen (secondary N) is 1. The summed E-state index contributed by atoms with van der Waals surface area (Å²) < 4.78 is 40.0. The predicted molar refractivity (Wildman–Crippen MR) is 65.0 cm³/mol. The molecule has 0 aliphatic rings. The third kappa shape index (κ3) is 6.21. The average molecular weight is 306 g/mol. The molecule has 1 aromatic rings. The van der Waals surface area contributed by atoms with E-state index in [1.165, 1.54) is 13.0 Å². The Morgan fingerprint density at radius 1 is 1.48 bits per heavy atom. The Balaban J connectivity index is 2.52. The summed E-state index contributed by atoms with van der Waals surface area (Å²) >= 11 is 0. The van der Waals surface area contributed by atoms with E-state index < -0.39 is 30.7 Å². The van der Waals surface area contributed by atoms with E-state index in [9.17, 15) is 22.8 Å². The van der Waals surface area contributed by atoms with Gasteiger partial charge in [-0.15, -0.1) is 0 Å². The highest BCUT2D eigenvalue weighted by atomic mass is 19.4. The van der Waals surface area contributed by atoms with Gasteiger partial charge >= 0.3 is 12.1 Å².